The first-order chi connectivity index (χ1) is 14.9. The van der Waals surface area contributed by atoms with Crippen LogP contribution in [0.15, 0.2) is 59.3 Å². The van der Waals surface area contributed by atoms with Gasteiger partial charge in [0.05, 0.1) is 17.7 Å². The summed E-state index contributed by atoms with van der Waals surface area (Å²) >= 11 is 3.41. The molecule has 0 spiro atoms. The smallest absolute Gasteiger partial charge is 0.269 e. The Morgan fingerprint density at radius 2 is 1.97 bits per heavy atom. The van der Waals surface area contributed by atoms with Gasteiger partial charge in [0.15, 0.2) is 6.29 Å². The van der Waals surface area contributed by atoms with E-state index in [0.29, 0.717) is 23.5 Å². The molecule has 0 saturated heterocycles. The molecule has 0 unspecified atom stereocenters. The Labute approximate surface area is 183 Å². The molecule has 0 atom stereocenters. The Balaban J connectivity index is 1.44. The first kappa shape index (κ1) is 20.4. The molecule has 0 aliphatic carbocycles. The van der Waals surface area contributed by atoms with Crippen molar-refractivity contribution < 1.29 is 14.5 Å². The Hall–Kier alpha value is -3.86. The standard InChI is InChI=1S/C20H15BrN6O4/c21-14-1-6-19-18(7-14)13(12-28)8-25(19)9-16-10-26(24-23-16)11-20(29)22-15-2-4-17(5-3-15)27(30)31/h1-8,10,12H,9,11H2,(H,22,29). The number of nitrogens with zero attached hydrogens (tertiary/aromatic N) is 5. The van der Waals surface area contributed by atoms with Crippen LogP contribution in [0.5, 0.6) is 0 Å². The second-order valence-corrected chi connectivity index (χ2v) is 7.67. The van der Waals surface area contributed by atoms with Crippen LogP contribution in [0.3, 0.4) is 0 Å². The van der Waals surface area contributed by atoms with E-state index in [1.807, 2.05) is 22.8 Å². The normalized spacial score (nSPS) is 10.9. The number of rotatable bonds is 7. The predicted molar refractivity (Wildman–Crippen MR) is 116 cm³/mol. The Morgan fingerprint density at radius 3 is 2.68 bits per heavy atom. The van der Waals surface area contributed by atoms with Crippen molar-refractivity contribution >= 4 is 50.4 Å². The molecule has 0 aliphatic heterocycles. The van der Waals surface area contributed by atoms with Crippen LogP contribution >= 0.6 is 15.9 Å². The monoisotopic (exact) mass is 482 g/mol. The van der Waals surface area contributed by atoms with Crippen LogP contribution in [0, 0.1) is 10.1 Å². The first-order valence-corrected chi connectivity index (χ1v) is 9.89. The predicted octanol–water partition coefficient (Wildman–Crippen LogP) is 3.40. The number of halogens is 1. The molecule has 1 amide bonds. The van der Waals surface area contributed by atoms with E-state index in [1.165, 1.54) is 28.9 Å². The van der Waals surface area contributed by atoms with E-state index in [0.717, 1.165) is 21.7 Å². The lowest BCUT2D eigenvalue weighted by Crippen LogP contribution is -2.19. The zero-order chi connectivity index (χ0) is 22.0. The Morgan fingerprint density at radius 1 is 1.19 bits per heavy atom. The van der Waals surface area contributed by atoms with E-state index >= 15 is 0 Å². The maximum Gasteiger partial charge on any atom is 0.269 e. The molecule has 0 radical (unpaired) electrons. The largest absolute Gasteiger partial charge is 0.341 e. The van der Waals surface area contributed by atoms with Crippen molar-refractivity contribution in [2.45, 2.75) is 13.1 Å². The van der Waals surface area contributed by atoms with Crippen LogP contribution in [0.4, 0.5) is 11.4 Å². The van der Waals surface area contributed by atoms with Crippen LogP contribution < -0.4 is 5.32 Å². The van der Waals surface area contributed by atoms with Gasteiger partial charge >= 0.3 is 0 Å². The molecule has 0 bridgehead atoms. The number of hydrogen-bond acceptors (Lipinski definition) is 6. The molecule has 4 aromatic rings. The van der Waals surface area contributed by atoms with Gasteiger partial charge in [-0.25, -0.2) is 4.68 Å². The molecule has 2 aromatic heterocycles. The van der Waals surface area contributed by atoms with Crippen LogP contribution in [-0.4, -0.2) is 36.7 Å². The maximum atomic E-state index is 12.2. The minimum absolute atomic E-state index is 0.0541. The van der Waals surface area contributed by atoms with Crippen LogP contribution in [0.2, 0.25) is 0 Å². The Kier molecular flexibility index (Phi) is 5.58. The van der Waals surface area contributed by atoms with Crippen molar-refractivity contribution in [2.75, 3.05) is 5.32 Å². The molecular formula is C20H15BrN6O4. The molecule has 10 nitrogen and oxygen atoms in total. The van der Waals surface area contributed by atoms with Gasteiger partial charge in [0.1, 0.15) is 12.2 Å². The summed E-state index contributed by atoms with van der Waals surface area (Å²) in [6.45, 7) is 0.318. The van der Waals surface area contributed by atoms with Crippen molar-refractivity contribution in [3.8, 4) is 0 Å². The fraction of sp³-hybridized carbons (Fsp3) is 0.100. The molecule has 0 aliphatic rings. The number of nitro benzene ring substituents is 1. The number of carbonyl (C=O) groups is 2. The third-order valence-electron chi connectivity index (χ3n) is 4.59. The molecular weight excluding hydrogens is 468 g/mol. The van der Waals surface area contributed by atoms with Crippen molar-refractivity contribution in [1.82, 2.24) is 19.6 Å². The van der Waals surface area contributed by atoms with E-state index in [2.05, 4.69) is 31.6 Å². The minimum atomic E-state index is -0.507. The van der Waals surface area contributed by atoms with E-state index in [-0.39, 0.29) is 18.1 Å². The molecule has 0 fully saturated rings. The number of non-ortho nitro benzene ring substituents is 1. The first-order valence-electron chi connectivity index (χ1n) is 9.10. The summed E-state index contributed by atoms with van der Waals surface area (Å²) < 4.78 is 4.18. The zero-order valence-corrected chi connectivity index (χ0v) is 17.5. The van der Waals surface area contributed by atoms with E-state index in [1.54, 1.807) is 12.4 Å². The highest BCUT2D eigenvalue weighted by Crippen LogP contribution is 2.25. The molecule has 2 aromatic carbocycles. The van der Waals surface area contributed by atoms with E-state index < -0.39 is 4.92 Å². The van der Waals surface area contributed by atoms with E-state index in [4.69, 9.17) is 0 Å². The number of aldehydes is 1. The van der Waals surface area contributed by atoms with Crippen LogP contribution in [0.25, 0.3) is 10.9 Å². The average molecular weight is 483 g/mol. The number of carbonyl (C=O) groups excluding carboxylic acids is 2. The number of nitrogens with one attached hydrogen (secondary N) is 1. The second-order valence-electron chi connectivity index (χ2n) is 6.75. The molecule has 1 N–H and O–H groups in total. The lowest BCUT2D eigenvalue weighted by atomic mass is 10.2. The average Bonchev–Trinajstić information content (AvgIpc) is 3.32. The summed E-state index contributed by atoms with van der Waals surface area (Å²) in [6, 6.07) is 11.2. The lowest BCUT2D eigenvalue weighted by molar-refractivity contribution is -0.384. The van der Waals surface area contributed by atoms with Gasteiger partial charge in [-0.3, -0.25) is 19.7 Å². The number of anilines is 1. The SMILES string of the molecule is O=Cc1cn(Cc2cn(CC(=O)Nc3ccc([N+](=O)[O-])cc3)nn2)c2ccc(Br)cc12. The van der Waals surface area contributed by atoms with E-state index in [9.17, 15) is 19.7 Å². The zero-order valence-electron chi connectivity index (χ0n) is 15.9. The van der Waals surface area contributed by atoms with Crippen LogP contribution in [0.1, 0.15) is 16.1 Å². The highest BCUT2D eigenvalue weighted by atomic mass is 79.9. The number of fused-ring (bicyclic) bond motifs is 1. The minimum Gasteiger partial charge on any atom is -0.341 e. The van der Waals surface area contributed by atoms with Gasteiger partial charge in [-0.2, -0.15) is 0 Å². The molecule has 156 valence electrons. The molecule has 31 heavy (non-hydrogen) atoms. The number of aromatic nitrogens is 4. The second kappa shape index (κ2) is 8.48. The van der Waals surface area contributed by atoms with Crippen molar-refractivity contribution in [2.24, 2.45) is 0 Å². The van der Waals surface area contributed by atoms with Crippen molar-refractivity contribution in [1.29, 1.82) is 0 Å². The number of hydrogen-bond donors (Lipinski definition) is 1. The summed E-state index contributed by atoms with van der Waals surface area (Å²) in [5.41, 5.74) is 2.48. The quantitative estimate of drug-likeness (QED) is 0.244. The third-order valence-corrected chi connectivity index (χ3v) is 5.08. The van der Waals surface area contributed by atoms with Crippen molar-refractivity contribution in [3.05, 3.63) is 80.7 Å². The van der Waals surface area contributed by atoms with Gasteiger partial charge in [0.25, 0.3) is 5.69 Å². The number of amides is 1. The summed E-state index contributed by atoms with van der Waals surface area (Å²) in [5, 5.41) is 22.3. The summed E-state index contributed by atoms with van der Waals surface area (Å²) in [7, 11) is 0. The van der Waals surface area contributed by atoms with Gasteiger partial charge in [0, 0.05) is 45.0 Å². The molecule has 11 heteroatoms. The highest BCUT2D eigenvalue weighted by Gasteiger charge is 2.12. The Bertz CT molecular complexity index is 1290. The molecule has 0 saturated carbocycles. The van der Waals surface area contributed by atoms with Gasteiger partial charge in [-0.15, -0.1) is 5.10 Å². The fourth-order valence-electron chi connectivity index (χ4n) is 3.20. The topological polar surface area (TPSA) is 125 Å². The third kappa shape index (κ3) is 4.51. The van der Waals surface area contributed by atoms with Gasteiger partial charge < -0.3 is 9.88 Å². The number of nitro groups is 1. The summed E-state index contributed by atoms with van der Waals surface area (Å²) in [5.74, 6) is -0.343. The summed E-state index contributed by atoms with van der Waals surface area (Å²) in [6.07, 6.45) is 4.22. The fourth-order valence-corrected chi connectivity index (χ4v) is 3.56. The maximum absolute atomic E-state index is 12.2. The van der Waals surface area contributed by atoms with Crippen LogP contribution in [-0.2, 0) is 17.9 Å². The molecule has 4 rings (SSSR count). The summed E-state index contributed by atoms with van der Waals surface area (Å²) in [4.78, 5) is 33.8. The van der Waals surface area contributed by atoms with Gasteiger partial charge in [-0.1, -0.05) is 21.1 Å². The number of benzene rings is 2. The lowest BCUT2D eigenvalue weighted by Gasteiger charge is -2.04. The van der Waals surface area contributed by atoms with Gasteiger partial charge in [0.2, 0.25) is 5.91 Å². The van der Waals surface area contributed by atoms with Gasteiger partial charge in [-0.05, 0) is 30.3 Å². The highest BCUT2D eigenvalue weighted by molar-refractivity contribution is 9.10. The molecule has 2 heterocycles. The van der Waals surface area contributed by atoms with Crippen molar-refractivity contribution in [3.63, 3.8) is 0 Å².